The van der Waals surface area contributed by atoms with Crippen LogP contribution in [0.4, 0.5) is 8.78 Å². The number of nitrogens with two attached hydrogens (primary N) is 1. The Balaban J connectivity index is 3.13. The minimum absolute atomic E-state index is 0.0463. The third-order valence-corrected chi connectivity index (χ3v) is 1.82. The van der Waals surface area contributed by atoms with Crippen molar-refractivity contribution in [3.05, 3.63) is 35.4 Å². The summed E-state index contributed by atoms with van der Waals surface area (Å²) in [6, 6.07) is 3.93. The van der Waals surface area contributed by atoms with Gasteiger partial charge in [-0.25, -0.2) is 13.6 Å². The second-order valence-electron chi connectivity index (χ2n) is 2.75. The standard InChI is InChI=1S/C9H9F2NO2/c10-8(11)7(12)5-3-1-2-4-6(5)9(13)14/h1-4,7-8H,12H2,(H,13,14)/t7-/m0/s1. The zero-order valence-electron chi connectivity index (χ0n) is 7.15. The molecule has 0 unspecified atom stereocenters. The zero-order chi connectivity index (χ0) is 10.7. The highest BCUT2D eigenvalue weighted by molar-refractivity contribution is 5.89. The van der Waals surface area contributed by atoms with E-state index in [0.717, 1.165) is 0 Å². The molecule has 0 amide bonds. The third kappa shape index (κ3) is 2.05. The molecule has 1 rings (SSSR count). The lowest BCUT2D eigenvalue weighted by molar-refractivity contribution is 0.0691. The van der Waals surface area contributed by atoms with E-state index in [1.807, 2.05) is 0 Å². The number of hydrogen-bond acceptors (Lipinski definition) is 2. The molecule has 1 atom stereocenters. The van der Waals surface area contributed by atoms with Crippen molar-refractivity contribution in [2.24, 2.45) is 5.73 Å². The molecule has 0 saturated heterocycles. The molecule has 0 radical (unpaired) electrons. The molecule has 1 aromatic rings. The molecule has 0 saturated carbocycles. The van der Waals surface area contributed by atoms with Crippen LogP contribution >= 0.6 is 0 Å². The van der Waals surface area contributed by atoms with Crippen LogP contribution in [0.15, 0.2) is 24.3 Å². The molecule has 1 aromatic carbocycles. The van der Waals surface area contributed by atoms with Crippen LogP contribution in [0.2, 0.25) is 0 Å². The van der Waals surface area contributed by atoms with Crippen molar-refractivity contribution < 1.29 is 18.7 Å². The Hall–Kier alpha value is -1.49. The molecule has 0 spiro atoms. The first-order valence-electron chi connectivity index (χ1n) is 3.90. The van der Waals surface area contributed by atoms with Gasteiger partial charge in [-0.1, -0.05) is 18.2 Å². The summed E-state index contributed by atoms with van der Waals surface area (Å²) in [7, 11) is 0. The van der Waals surface area contributed by atoms with Crippen LogP contribution in [0, 0.1) is 0 Å². The molecule has 3 nitrogen and oxygen atoms in total. The molecule has 0 heterocycles. The maximum atomic E-state index is 12.2. The van der Waals surface area contributed by atoms with E-state index < -0.39 is 18.4 Å². The quantitative estimate of drug-likeness (QED) is 0.781. The lowest BCUT2D eigenvalue weighted by atomic mass is 10.0. The van der Waals surface area contributed by atoms with Gasteiger partial charge in [0.05, 0.1) is 11.6 Å². The Morgan fingerprint density at radius 1 is 1.36 bits per heavy atom. The van der Waals surface area contributed by atoms with Crippen molar-refractivity contribution in [2.45, 2.75) is 12.5 Å². The number of carboxylic acids is 1. The molecule has 0 aromatic heterocycles. The molecule has 5 heteroatoms. The second-order valence-corrected chi connectivity index (χ2v) is 2.75. The average molecular weight is 201 g/mol. The zero-order valence-corrected chi connectivity index (χ0v) is 7.15. The highest BCUT2D eigenvalue weighted by atomic mass is 19.3. The summed E-state index contributed by atoms with van der Waals surface area (Å²) in [4.78, 5) is 10.6. The number of carboxylic acid groups (broad SMARTS) is 1. The number of rotatable bonds is 3. The molecule has 0 bridgehead atoms. The molecule has 0 aliphatic carbocycles. The van der Waals surface area contributed by atoms with E-state index in [-0.39, 0.29) is 11.1 Å². The van der Waals surface area contributed by atoms with Crippen LogP contribution in [-0.2, 0) is 0 Å². The molecular formula is C9H9F2NO2. The Labute approximate surface area is 79.2 Å². The van der Waals surface area contributed by atoms with Crippen molar-refractivity contribution in [1.82, 2.24) is 0 Å². The summed E-state index contributed by atoms with van der Waals surface area (Å²) in [5, 5.41) is 8.70. The summed E-state index contributed by atoms with van der Waals surface area (Å²) in [5.74, 6) is -1.25. The normalized spacial score (nSPS) is 12.9. The monoisotopic (exact) mass is 201 g/mol. The van der Waals surface area contributed by atoms with E-state index in [4.69, 9.17) is 10.8 Å². The molecule has 14 heavy (non-hydrogen) atoms. The lowest BCUT2D eigenvalue weighted by Gasteiger charge is -2.12. The largest absolute Gasteiger partial charge is 0.478 e. The molecule has 76 valence electrons. The van der Waals surface area contributed by atoms with Crippen LogP contribution in [0.3, 0.4) is 0 Å². The topological polar surface area (TPSA) is 63.3 Å². The van der Waals surface area contributed by atoms with Gasteiger partial charge in [0.25, 0.3) is 6.43 Å². The summed E-state index contributed by atoms with van der Waals surface area (Å²) >= 11 is 0. The van der Waals surface area contributed by atoms with Gasteiger partial charge in [-0.05, 0) is 11.6 Å². The third-order valence-electron chi connectivity index (χ3n) is 1.82. The number of benzene rings is 1. The first kappa shape index (κ1) is 10.6. The Bertz CT molecular complexity index is 341. The number of alkyl halides is 2. The summed E-state index contributed by atoms with van der Waals surface area (Å²) in [6.07, 6.45) is -2.77. The van der Waals surface area contributed by atoms with Gasteiger partial charge in [0.2, 0.25) is 0 Å². The van der Waals surface area contributed by atoms with Gasteiger partial charge in [-0.2, -0.15) is 0 Å². The van der Waals surface area contributed by atoms with Crippen molar-refractivity contribution in [2.75, 3.05) is 0 Å². The van der Waals surface area contributed by atoms with E-state index >= 15 is 0 Å². The van der Waals surface area contributed by atoms with Gasteiger partial charge in [0.15, 0.2) is 0 Å². The smallest absolute Gasteiger partial charge is 0.336 e. The number of halogens is 2. The minimum Gasteiger partial charge on any atom is -0.478 e. The van der Waals surface area contributed by atoms with Gasteiger partial charge in [0.1, 0.15) is 0 Å². The maximum Gasteiger partial charge on any atom is 0.336 e. The first-order chi connectivity index (χ1) is 6.54. The Morgan fingerprint density at radius 2 is 1.93 bits per heavy atom. The van der Waals surface area contributed by atoms with Crippen LogP contribution in [0.25, 0.3) is 0 Å². The molecule has 0 aliphatic rings. The first-order valence-corrected chi connectivity index (χ1v) is 3.90. The number of hydrogen-bond donors (Lipinski definition) is 2. The molecular weight excluding hydrogens is 192 g/mol. The molecule has 0 fully saturated rings. The van der Waals surface area contributed by atoms with Crippen molar-refractivity contribution in [3.63, 3.8) is 0 Å². The van der Waals surface area contributed by atoms with Crippen molar-refractivity contribution >= 4 is 5.97 Å². The van der Waals surface area contributed by atoms with E-state index in [0.29, 0.717) is 0 Å². The van der Waals surface area contributed by atoms with E-state index in [2.05, 4.69) is 0 Å². The van der Waals surface area contributed by atoms with Crippen molar-refractivity contribution in [1.29, 1.82) is 0 Å². The average Bonchev–Trinajstić information content (AvgIpc) is 2.16. The van der Waals surface area contributed by atoms with Gasteiger partial charge >= 0.3 is 5.97 Å². The molecule has 0 aliphatic heterocycles. The van der Waals surface area contributed by atoms with Gasteiger partial charge in [0, 0.05) is 0 Å². The van der Waals surface area contributed by atoms with E-state index in [1.165, 1.54) is 24.3 Å². The predicted octanol–water partition coefficient (Wildman–Crippen LogP) is 1.65. The van der Waals surface area contributed by atoms with Gasteiger partial charge in [-0.15, -0.1) is 0 Å². The van der Waals surface area contributed by atoms with Crippen LogP contribution < -0.4 is 5.73 Å². The summed E-state index contributed by atoms with van der Waals surface area (Å²) in [6.45, 7) is 0. The van der Waals surface area contributed by atoms with E-state index in [9.17, 15) is 13.6 Å². The predicted molar refractivity (Wildman–Crippen MR) is 46.3 cm³/mol. The Kier molecular flexibility index (Phi) is 3.14. The molecule has 3 N–H and O–H groups in total. The summed E-state index contributed by atoms with van der Waals surface area (Å²) in [5.41, 5.74) is 4.94. The fourth-order valence-electron chi connectivity index (χ4n) is 1.12. The minimum atomic E-state index is -2.77. The van der Waals surface area contributed by atoms with Crippen LogP contribution in [0.5, 0.6) is 0 Å². The number of carbonyl (C=O) groups is 1. The fraction of sp³-hybridized carbons (Fsp3) is 0.222. The van der Waals surface area contributed by atoms with Crippen LogP contribution in [0.1, 0.15) is 22.0 Å². The number of aromatic carboxylic acids is 1. The lowest BCUT2D eigenvalue weighted by Crippen LogP contribution is -2.21. The highest BCUT2D eigenvalue weighted by Crippen LogP contribution is 2.21. The SMILES string of the molecule is N[C@@H](c1ccccc1C(=O)O)C(F)F. The highest BCUT2D eigenvalue weighted by Gasteiger charge is 2.22. The maximum absolute atomic E-state index is 12.2. The Morgan fingerprint density at radius 3 is 2.43 bits per heavy atom. The summed E-state index contributed by atoms with van der Waals surface area (Å²) < 4.78 is 24.5. The fourth-order valence-corrected chi connectivity index (χ4v) is 1.12. The van der Waals surface area contributed by atoms with Crippen molar-refractivity contribution in [3.8, 4) is 0 Å². The van der Waals surface area contributed by atoms with E-state index in [1.54, 1.807) is 0 Å². The van der Waals surface area contributed by atoms with Crippen LogP contribution in [-0.4, -0.2) is 17.5 Å². The van der Waals surface area contributed by atoms with Gasteiger partial charge in [-0.3, -0.25) is 0 Å². The van der Waals surface area contributed by atoms with Gasteiger partial charge < -0.3 is 10.8 Å². The second kappa shape index (κ2) is 4.15.